The smallest absolute Gasteiger partial charge is 0.197 e. The maximum Gasteiger partial charge on any atom is 0.197 e. The monoisotopic (exact) mass is 559 g/mol. The molecule has 0 unspecified atom stereocenters. The van der Waals surface area contributed by atoms with Gasteiger partial charge in [-0.2, -0.15) is 0 Å². The zero-order valence-corrected chi connectivity index (χ0v) is 23.7. The molecule has 0 bridgehead atoms. The number of benzene rings is 6. The SMILES string of the molecule is CC1(C)c2cc(C=C3C(=O)c4cc5ccccc5cc4C3=O)ccc2N(c2ccc(F)cc2)c2ccc3ccccc3c21. The summed E-state index contributed by atoms with van der Waals surface area (Å²) in [7, 11) is 0. The van der Waals surface area contributed by atoms with Crippen molar-refractivity contribution >= 4 is 56.2 Å². The fourth-order valence-corrected chi connectivity index (χ4v) is 6.88. The minimum Gasteiger partial charge on any atom is -0.310 e. The van der Waals surface area contributed by atoms with Gasteiger partial charge in [-0.3, -0.25) is 9.59 Å². The Balaban J connectivity index is 1.31. The van der Waals surface area contributed by atoms with Crippen LogP contribution in [0, 0.1) is 5.82 Å². The van der Waals surface area contributed by atoms with E-state index in [0.29, 0.717) is 11.1 Å². The predicted octanol–water partition coefficient (Wildman–Crippen LogP) is 9.70. The third-order valence-corrected chi connectivity index (χ3v) is 8.97. The number of Topliss-reactive ketones (excluding diaryl/α,β-unsaturated/α-hetero) is 2. The molecule has 0 N–H and O–H groups in total. The highest BCUT2D eigenvalue weighted by molar-refractivity contribution is 6.42. The molecule has 0 fully saturated rings. The van der Waals surface area contributed by atoms with Gasteiger partial charge >= 0.3 is 0 Å². The molecular weight excluding hydrogens is 533 g/mol. The fraction of sp³-hybridized carbons (Fsp3) is 0.0769. The van der Waals surface area contributed by atoms with Crippen LogP contribution in [-0.4, -0.2) is 11.6 Å². The van der Waals surface area contributed by atoms with Crippen molar-refractivity contribution in [2.75, 3.05) is 4.90 Å². The van der Waals surface area contributed by atoms with E-state index in [2.05, 4.69) is 55.1 Å². The Morgan fingerprint density at radius 1 is 0.651 bits per heavy atom. The predicted molar refractivity (Wildman–Crippen MR) is 171 cm³/mol. The van der Waals surface area contributed by atoms with Crippen molar-refractivity contribution in [3.05, 3.63) is 154 Å². The molecule has 6 aromatic carbocycles. The van der Waals surface area contributed by atoms with Gasteiger partial charge in [0.25, 0.3) is 0 Å². The second-order valence-corrected chi connectivity index (χ2v) is 11.9. The van der Waals surface area contributed by atoms with Gasteiger partial charge in [0, 0.05) is 22.2 Å². The molecule has 0 spiro atoms. The molecule has 1 heterocycles. The Morgan fingerprint density at radius 3 is 1.93 bits per heavy atom. The van der Waals surface area contributed by atoms with E-state index < -0.39 is 5.41 Å². The van der Waals surface area contributed by atoms with Crippen LogP contribution < -0.4 is 4.90 Å². The summed E-state index contributed by atoms with van der Waals surface area (Å²) in [4.78, 5) is 29.2. The van der Waals surface area contributed by atoms with Crippen LogP contribution >= 0.6 is 0 Å². The highest BCUT2D eigenvalue weighted by Crippen LogP contribution is 2.54. The number of carbonyl (C=O) groups is 2. The topological polar surface area (TPSA) is 37.4 Å². The van der Waals surface area contributed by atoms with Crippen LogP contribution in [0.15, 0.2) is 121 Å². The highest BCUT2D eigenvalue weighted by atomic mass is 19.1. The van der Waals surface area contributed by atoms with Gasteiger partial charge in [0.15, 0.2) is 11.6 Å². The zero-order valence-electron chi connectivity index (χ0n) is 23.7. The standard InChI is InChI=1S/C39H26FNO2/c1-39(2)33-20-23(19-32-37(42)30-21-25-8-3-4-9-26(25)22-31(30)38(32)43)11-17-34(33)41(28-15-13-27(40)14-16-28)35-18-12-24-7-5-6-10-29(24)36(35)39/h3-22H,1-2H3. The number of fused-ring (bicyclic) bond motifs is 6. The first-order valence-corrected chi connectivity index (χ1v) is 14.4. The summed E-state index contributed by atoms with van der Waals surface area (Å²) in [5.41, 5.74) is 6.54. The highest BCUT2D eigenvalue weighted by Gasteiger charge is 2.39. The summed E-state index contributed by atoms with van der Waals surface area (Å²) in [6, 6.07) is 36.6. The molecule has 0 atom stereocenters. The van der Waals surface area contributed by atoms with Crippen molar-refractivity contribution in [3.8, 4) is 0 Å². The van der Waals surface area contributed by atoms with E-state index in [9.17, 15) is 14.0 Å². The third-order valence-electron chi connectivity index (χ3n) is 8.97. The molecule has 206 valence electrons. The Bertz CT molecular complexity index is 2150. The lowest BCUT2D eigenvalue weighted by atomic mass is 9.71. The minimum atomic E-state index is -0.416. The Hall–Kier alpha value is -5.35. The van der Waals surface area contributed by atoms with Crippen LogP contribution in [0.1, 0.15) is 51.3 Å². The molecule has 0 radical (unpaired) electrons. The van der Waals surface area contributed by atoms with Crippen molar-refractivity contribution in [2.24, 2.45) is 0 Å². The molecule has 43 heavy (non-hydrogen) atoms. The van der Waals surface area contributed by atoms with Crippen LogP contribution in [-0.2, 0) is 5.41 Å². The van der Waals surface area contributed by atoms with Gasteiger partial charge < -0.3 is 4.90 Å². The van der Waals surface area contributed by atoms with E-state index in [1.165, 1.54) is 17.7 Å². The number of allylic oxidation sites excluding steroid dienone is 1. The quantitative estimate of drug-likeness (QED) is 0.157. The largest absolute Gasteiger partial charge is 0.310 e. The number of halogens is 1. The van der Waals surface area contributed by atoms with E-state index in [0.717, 1.165) is 49.7 Å². The molecule has 2 aliphatic rings. The van der Waals surface area contributed by atoms with Crippen molar-refractivity contribution in [3.63, 3.8) is 0 Å². The van der Waals surface area contributed by atoms with Gasteiger partial charge in [-0.15, -0.1) is 0 Å². The number of anilines is 3. The fourth-order valence-electron chi connectivity index (χ4n) is 6.88. The molecule has 1 aliphatic heterocycles. The van der Waals surface area contributed by atoms with Gasteiger partial charge in [-0.1, -0.05) is 74.5 Å². The maximum absolute atomic E-state index is 14.0. The molecule has 4 heteroatoms. The third kappa shape index (κ3) is 3.73. The Labute approximate surface area is 248 Å². The summed E-state index contributed by atoms with van der Waals surface area (Å²) < 4.78 is 14.0. The first kappa shape index (κ1) is 25.4. The second kappa shape index (κ2) is 9.07. The minimum absolute atomic E-state index is 0.181. The van der Waals surface area contributed by atoms with E-state index >= 15 is 0 Å². The van der Waals surface area contributed by atoms with Gasteiger partial charge in [0.05, 0.1) is 16.9 Å². The van der Waals surface area contributed by atoms with E-state index in [4.69, 9.17) is 0 Å². The maximum atomic E-state index is 14.0. The summed E-state index contributed by atoms with van der Waals surface area (Å²) in [5.74, 6) is -0.777. The lowest BCUT2D eigenvalue weighted by Crippen LogP contribution is -2.31. The summed E-state index contributed by atoms with van der Waals surface area (Å²) in [6.45, 7) is 4.42. The number of rotatable bonds is 2. The first-order valence-electron chi connectivity index (χ1n) is 14.4. The molecule has 0 amide bonds. The lowest BCUT2D eigenvalue weighted by molar-refractivity contribution is 0.0990. The molecule has 6 aromatic rings. The Morgan fingerprint density at radius 2 is 1.26 bits per heavy atom. The van der Waals surface area contributed by atoms with Crippen LogP contribution in [0.5, 0.6) is 0 Å². The van der Waals surface area contributed by atoms with Crippen molar-refractivity contribution in [1.82, 2.24) is 0 Å². The van der Waals surface area contributed by atoms with E-state index in [1.807, 2.05) is 54.6 Å². The van der Waals surface area contributed by atoms with Gasteiger partial charge in [-0.25, -0.2) is 4.39 Å². The van der Waals surface area contributed by atoms with Crippen LogP contribution in [0.2, 0.25) is 0 Å². The van der Waals surface area contributed by atoms with Gasteiger partial charge in [-0.05, 0) is 98.9 Å². The van der Waals surface area contributed by atoms with Crippen molar-refractivity contribution in [2.45, 2.75) is 19.3 Å². The molecule has 0 saturated heterocycles. The molecule has 0 saturated carbocycles. The van der Waals surface area contributed by atoms with Crippen molar-refractivity contribution < 1.29 is 14.0 Å². The number of ketones is 2. The van der Waals surface area contributed by atoms with E-state index in [1.54, 1.807) is 18.2 Å². The van der Waals surface area contributed by atoms with Gasteiger partial charge in [0.1, 0.15) is 5.82 Å². The number of nitrogens with zero attached hydrogens (tertiary/aromatic N) is 1. The van der Waals surface area contributed by atoms with Crippen LogP contribution in [0.4, 0.5) is 21.5 Å². The molecular formula is C39H26FNO2. The first-order chi connectivity index (χ1) is 20.8. The summed E-state index contributed by atoms with van der Waals surface area (Å²) in [5, 5.41) is 4.16. The number of hydrogen-bond acceptors (Lipinski definition) is 3. The average molecular weight is 560 g/mol. The average Bonchev–Trinajstić information content (AvgIpc) is 3.24. The van der Waals surface area contributed by atoms with Crippen molar-refractivity contribution in [1.29, 1.82) is 0 Å². The van der Waals surface area contributed by atoms with Crippen LogP contribution in [0.25, 0.3) is 27.6 Å². The molecule has 1 aliphatic carbocycles. The molecule has 0 aromatic heterocycles. The summed E-state index contributed by atoms with van der Waals surface area (Å²) >= 11 is 0. The number of hydrogen-bond donors (Lipinski definition) is 0. The lowest BCUT2D eigenvalue weighted by Gasteiger charge is -2.43. The zero-order chi connectivity index (χ0) is 29.5. The Kier molecular flexibility index (Phi) is 5.35. The second-order valence-electron chi connectivity index (χ2n) is 11.9. The summed E-state index contributed by atoms with van der Waals surface area (Å²) in [6.07, 6.45) is 1.73. The van der Waals surface area contributed by atoms with E-state index in [-0.39, 0.29) is 23.0 Å². The molecule has 3 nitrogen and oxygen atoms in total. The molecule has 8 rings (SSSR count). The van der Waals surface area contributed by atoms with Crippen LogP contribution in [0.3, 0.4) is 0 Å². The number of carbonyl (C=O) groups excluding carboxylic acids is 2. The van der Waals surface area contributed by atoms with Gasteiger partial charge in [0.2, 0.25) is 0 Å². The normalized spacial score (nSPS) is 15.0.